The first kappa shape index (κ1) is 24.6. The fourth-order valence-electron chi connectivity index (χ4n) is 3.25. The molecule has 0 unspecified atom stereocenters. The van der Waals surface area contributed by atoms with E-state index in [4.69, 9.17) is 15.9 Å². The number of nitrogen functional groups attached to an aromatic ring is 1. The number of pyridine rings is 1. The summed E-state index contributed by atoms with van der Waals surface area (Å²) in [4.78, 5) is 12.4. The van der Waals surface area contributed by atoms with Gasteiger partial charge in [0.2, 0.25) is 11.8 Å². The minimum atomic E-state index is -2.80. The predicted molar refractivity (Wildman–Crippen MR) is 125 cm³/mol. The van der Waals surface area contributed by atoms with Gasteiger partial charge in [-0.25, -0.2) is 18.2 Å². The second-order valence-corrected chi connectivity index (χ2v) is 7.24. The summed E-state index contributed by atoms with van der Waals surface area (Å²) in [6.45, 7) is 3.26. The highest BCUT2D eigenvalue weighted by atomic mass is 19.3. The summed E-state index contributed by atoms with van der Waals surface area (Å²) in [6.07, 6.45) is -2.38. The van der Waals surface area contributed by atoms with Crippen LogP contribution in [0.5, 0.6) is 5.88 Å². The van der Waals surface area contributed by atoms with Gasteiger partial charge in [-0.15, -0.1) is 0 Å². The van der Waals surface area contributed by atoms with Gasteiger partial charge in [-0.05, 0) is 55.3 Å². The van der Waals surface area contributed by atoms with Crippen LogP contribution in [0.2, 0.25) is 0 Å². The maximum atomic E-state index is 13.6. The second-order valence-electron chi connectivity index (χ2n) is 7.24. The minimum Gasteiger partial charge on any atom is -0.470 e. The first-order valence-electron chi connectivity index (χ1n) is 10.4. The molecular weight excluding hydrogens is 447 g/mol. The van der Waals surface area contributed by atoms with Crippen molar-refractivity contribution < 1.29 is 17.9 Å². The van der Waals surface area contributed by atoms with Crippen LogP contribution < -0.4 is 15.9 Å². The zero-order valence-electron chi connectivity index (χ0n) is 18.9. The Kier molecular flexibility index (Phi) is 7.77. The average Bonchev–Trinajstić information content (AvgIpc) is 2.80. The molecule has 0 aliphatic rings. The van der Waals surface area contributed by atoms with Crippen molar-refractivity contribution in [1.29, 1.82) is 5.41 Å². The topological polar surface area (TPSA) is 122 Å². The molecule has 0 aliphatic carbocycles. The van der Waals surface area contributed by atoms with Crippen molar-refractivity contribution in [3.05, 3.63) is 53.6 Å². The lowest BCUT2D eigenvalue weighted by Crippen LogP contribution is -2.24. The SMILES string of the molecule is CCC(=N)/C(COc1nc(N)nc(-c2ccc(F)cc2)c1-c1cc(C)nc(C(F)F)c1)=N\NC. The van der Waals surface area contributed by atoms with Crippen molar-refractivity contribution in [2.75, 3.05) is 19.4 Å². The van der Waals surface area contributed by atoms with E-state index in [0.717, 1.165) is 0 Å². The highest BCUT2D eigenvalue weighted by Crippen LogP contribution is 2.39. The summed E-state index contributed by atoms with van der Waals surface area (Å²) in [7, 11) is 1.59. The van der Waals surface area contributed by atoms with Gasteiger partial charge in [0.15, 0.2) is 0 Å². The van der Waals surface area contributed by atoms with Crippen LogP contribution in [0.4, 0.5) is 19.1 Å². The number of hydrazone groups is 1. The number of benzene rings is 1. The Bertz CT molecular complexity index is 1210. The highest BCUT2D eigenvalue weighted by molar-refractivity contribution is 6.41. The molecule has 0 amide bonds. The Morgan fingerprint density at radius 1 is 1.15 bits per heavy atom. The Balaban J connectivity index is 2.22. The first-order valence-corrected chi connectivity index (χ1v) is 10.4. The molecule has 0 fully saturated rings. The van der Waals surface area contributed by atoms with E-state index < -0.39 is 17.9 Å². The summed E-state index contributed by atoms with van der Waals surface area (Å²) < 4.78 is 46.5. The lowest BCUT2D eigenvalue weighted by atomic mass is 9.99. The monoisotopic (exact) mass is 471 g/mol. The van der Waals surface area contributed by atoms with Crippen molar-refractivity contribution >= 4 is 17.4 Å². The Morgan fingerprint density at radius 2 is 1.85 bits per heavy atom. The van der Waals surface area contributed by atoms with Crippen molar-refractivity contribution in [1.82, 2.24) is 20.4 Å². The van der Waals surface area contributed by atoms with Crippen molar-refractivity contribution in [3.8, 4) is 28.3 Å². The van der Waals surface area contributed by atoms with Gasteiger partial charge < -0.3 is 21.3 Å². The Hall–Kier alpha value is -4.02. The predicted octanol–water partition coefficient (Wildman–Crippen LogP) is 4.56. The summed E-state index contributed by atoms with van der Waals surface area (Å²) >= 11 is 0. The maximum absolute atomic E-state index is 13.6. The van der Waals surface area contributed by atoms with Gasteiger partial charge in [-0.1, -0.05) is 6.92 Å². The zero-order chi connectivity index (χ0) is 24.8. The molecule has 178 valence electrons. The largest absolute Gasteiger partial charge is 0.470 e. The van der Waals surface area contributed by atoms with Gasteiger partial charge in [0.1, 0.15) is 23.8 Å². The van der Waals surface area contributed by atoms with E-state index in [2.05, 4.69) is 25.5 Å². The van der Waals surface area contributed by atoms with E-state index in [1.165, 1.54) is 30.3 Å². The van der Waals surface area contributed by atoms with Crippen molar-refractivity contribution in [3.63, 3.8) is 0 Å². The lowest BCUT2D eigenvalue weighted by Gasteiger charge is -2.17. The lowest BCUT2D eigenvalue weighted by molar-refractivity contribution is 0.146. The molecule has 0 radical (unpaired) electrons. The van der Waals surface area contributed by atoms with Crippen LogP contribution in [-0.4, -0.2) is 40.0 Å². The van der Waals surface area contributed by atoms with Gasteiger partial charge >= 0.3 is 0 Å². The second kappa shape index (κ2) is 10.7. The van der Waals surface area contributed by atoms with Crippen LogP contribution in [0.25, 0.3) is 22.4 Å². The summed E-state index contributed by atoms with van der Waals surface area (Å²) in [5, 5.41) is 12.2. The number of halogens is 3. The molecular formula is C23H24F3N7O. The molecule has 0 bridgehead atoms. The fourth-order valence-corrected chi connectivity index (χ4v) is 3.25. The van der Waals surface area contributed by atoms with E-state index in [1.54, 1.807) is 27.0 Å². The molecule has 34 heavy (non-hydrogen) atoms. The fraction of sp³-hybridized carbons (Fsp3) is 0.261. The summed E-state index contributed by atoms with van der Waals surface area (Å²) in [5.74, 6) is -0.574. The maximum Gasteiger partial charge on any atom is 0.280 e. The summed E-state index contributed by atoms with van der Waals surface area (Å²) in [6, 6.07) is 8.31. The Labute approximate surface area is 194 Å². The number of nitrogens with one attached hydrogen (secondary N) is 2. The minimum absolute atomic E-state index is 0.00495. The molecule has 4 N–H and O–H groups in total. The van der Waals surface area contributed by atoms with E-state index in [1.807, 2.05) is 0 Å². The number of aromatic nitrogens is 3. The standard InChI is InChI=1S/C23H24F3N7O/c1-4-16(27)18(33-29-3)11-34-22-19(14-9-12(2)30-17(10-14)21(25)26)20(31-23(28)32-22)13-5-7-15(24)8-6-13/h5-10,21,27,29H,4,11H2,1-3H3,(H2,28,31,32)/b27-16?,33-18-. The smallest absolute Gasteiger partial charge is 0.280 e. The zero-order valence-corrected chi connectivity index (χ0v) is 18.9. The van der Waals surface area contributed by atoms with E-state index >= 15 is 0 Å². The normalized spacial score (nSPS) is 11.6. The van der Waals surface area contributed by atoms with E-state index in [9.17, 15) is 13.2 Å². The number of hydrogen-bond acceptors (Lipinski definition) is 8. The number of alkyl halides is 2. The number of nitrogens with zero attached hydrogens (tertiary/aromatic N) is 4. The molecule has 3 aromatic rings. The molecule has 0 saturated carbocycles. The van der Waals surface area contributed by atoms with Crippen molar-refractivity contribution in [2.45, 2.75) is 26.7 Å². The third-order valence-electron chi connectivity index (χ3n) is 4.79. The number of nitrogens with two attached hydrogens (primary N) is 1. The molecule has 11 heteroatoms. The molecule has 0 atom stereocenters. The van der Waals surface area contributed by atoms with Crippen LogP contribution in [-0.2, 0) is 0 Å². The molecule has 2 aromatic heterocycles. The average molecular weight is 471 g/mol. The highest BCUT2D eigenvalue weighted by Gasteiger charge is 2.22. The van der Waals surface area contributed by atoms with E-state index in [-0.39, 0.29) is 35.4 Å². The quantitative estimate of drug-likeness (QED) is 0.311. The van der Waals surface area contributed by atoms with Crippen molar-refractivity contribution in [2.24, 2.45) is 5.10 Å². The molecule has 2 heterocycles. The number of anilines is 1. The van der Waals surface area contributed by atoms with Crippen LogP contribution >= 0.6 is 0 Å². The molecule has 1 aromatic carbocycles. The van der Waals surface area contributed by atoms with Crippen LogP contribution in [0.1, 0.15) is 31.2 Å². The number of aryl methyl sites for hydroxylation is 1. The molecule has 3 rings (SSSR count). The summed E-state index contributed by atoms with van der Waals surface area (Å²) in [5.41, 5.74) is 10.4. The molecule has 8 nitrogen and oxygen atoms in total. The van der Waals surface area contributed by atoms with Gasteiger partial charge in [-0.3, -0.25) is 4.98 Å². The third kappa shape index (κ3) is 5.66. The van der Waals surface area contributed by atoms with Crippen LogP contribution in [0.15, 0.2) is 41.5 Å². The first-order chi connectivity index (χ1) is 16.2. The number of rotatable bonds is 9. The van der Waals surface area contributed by atoms with Gasteiger partial charge in [0.25, 0.3) is 6.43 Å². The third-order valence-corrected chi connectivity index (χ3v) is 4.79. The van der Waals surface area contributed by atoms with Crippen LogP contribution in [0.3, 0.4) is 0 Å². The van der Waals surface area contributed by atoms with Gasteiger partial charge in [-0.2, -0.15) is 10.1 Å². The molecule has 0 aliphatic heterocycles. The van der Waals surface area contributed by atoms with E-state index in [0.29, 0.717) is 29.0 Å². The molecule has 0 saturated heterocycles. The van der Waals surface area contributed by atoms with Gasteiger partial charge in [0, 0.05) is 18.3 Å². The number of ether oxygens (including phenoxy) is 1. The number of hydrogen-bond donors (Lipinski definition) is 3. The van der Waals surface area contributed by atoms with Crippen LogP contribution in [0, 0.1) is 18.2 Å². The van der Waals surface area contributed by atoms with Gasteiger partial charge in [0.05, 0.1) is 17.0 Å². The molecule has 0 spiro atoms. The Morgan fingerprint density at radius 3 is 2.47 bits per heavy atom.